The molecule has 3 heterocycles. The van der Waals surface area contributed by atoms with Crippen LogP contribution in [0.15, 0.2) is 49.2 Å². The summed E-state index contributed by atoms with van der Waals surface area (Å²) in [5.74, 6) is 0. The topological polar surface area (TPSA) is 64.0 Å². The quantitative estimate of drug-likeness (QED) is 0.667. The Hall–Kier alpha value is -1.000. The Morgan fingerprint density at radius 3 is 2.82 bits per heavy atom. The molecule has 0 aliphatic rings. The molecule has 0 fully saturated rings. The Kier molecular flexibility index (Phi) is 4.79. The number of hydrogen-bond donors (Lipinski definition) is 1. The van der Waals surface area contributed by atoms with Crippen LogP contribution in [-0.2, 0) is 16.6 Å². The molecule has 0 unspecified atom stereocenters. The zero-order chi connectivity index (χ0) is 15.6. The lowest BCUT2D eigenvalue weighted by molar-refractivity contribution is 0.563. The van der Waals surface area contributed by atoms with Crippen molar-refractivity contribution in [3.05, 3.63) is 45.0 Å². The Morgan fingerprint density at radius 1 is 1.27 bits per heavy atom. The Balaban J connectivity index is 1.59. The van der Waals surface area contributed by atoms with Gasteiger partial charge in [0.25, 0.3) is 0 Å². The van der Waals surface area contributed by atoms with E-state index >= 15 is 0 Å². The van der Waals surface area contributed by atoms with E-state index in [9.17, 15) is 8.42 Å². The zero-order valence-corrected chi connectivity index (χ0v) is 15.3. The lowest BCUT2D eigenvalue weighted by Gasteiger charge is -2.04. The minimum Gasteiger partial charge on any atom is -0.271 e. The van der Waals surface area contributed by atoms with E-state index in [0.29, 0.717) is 17.3 Å². The highest BCUT2D eigenvalue weighted by atomic mass is 79.9. The van der Waals surface area contributed by atoms with Crippen molar-refractivity contribution < 1.29 is 8.42 Å². The average Bonchev–Trinajstić information content (AvgIpc) is 3.18. The molecule has 0 bridgehead atoms. The largest absolute Gasteiger partial charge is 0.271 e. The van der Waals surface area contributed by atoms with Crippen LogP contribution < -0.4 is 4.72 Å². The second kappa shape index (κ2) is 6.63. The van der Waals surface area contributed by atoms with Crippen molar-refractivity contribution in [2.75, 3.05) is 6.54 Å². The fourth-order valence-corrected chi connectivity index (χ4v) is 5.58. The number of nitrogens with zero attached hydrogens (tertiary/aromatic N) is 2. The number of thiophene rings is 2. The van der Waals surface area contributed by atoms with Gasteiger partial charge >= 0.3 is 0 Å². The zero-order valence-electron chi connectivity index (χ0n) is 11.3. The van der Waals surface area contributed by atoms with Crippen LogP contribution in [0.25, 0.3) is 11.3 Å². The molecular weight excluding hydrogens is 406 g/mol. The van der Waals surface area contributed by atoms with E-state index in [4.69, 9.17) is 0 Å². The molecule has 0 radical (unpaired) electrons. The lowest BCUT2D eigenvalue weighted by Crippen LogP contribution is -2.27. The smallest absolute Gasteiger partial charge is 0.250 e. The van der Waals surface area contributed by atoms with E-state index in [1.54, 1.807) is 28.2 Å². The van der Waals surface area contributed by atoms with E-state index in [2.05, 4.69) is 25.8 Å². The normalized spacial score (nSPS) is 11.9. The van der Waals surface area contributed by atoms with Crippen LogP contribution in [0.4, 0.5) is 0 Å². The molecule has 3 aromatic rings. The third kappa shape index (κ3) is 3.66. The van der Waals surface area contributed by atoms with Crippen molar-refractivity contribution in [1.82, 2.24) is 14.5 Å². The van der Waals surface area contributed by atoms with Crippen molar-refractivity contribution in [1.29, 1.82) is 0 Å². The highest BCUT2D eigenvalue weighted by Gasteiger charge is 2.15. The molecule has 0 aliphatic heterocycles. The van der Waals surface area contributed by atoms with E-state index in [-0.39, 0.29) is 0 Å². The van der Waals surface area contributed by atoms with Gasteiger partial charge in [-0.2, -0.15) is 16.4 Å². The van der Waals surface area contributed by atoms with Crippen molar-refractivity contribution in [2.24, 2.45) is 0 Å². The van der Waals surface area contributed by atoms with Gasteiger partial charge in [0.2, 0.25) is 10.0 Å². The fraction of sp³-hybridized carbons (Fsp3) is 0.154. The predicted molar refractivity (Wildman–Crippen MR) is 92.7 cm³/mol. The molecule has 0 aliphatic carbocycles. The van der Waals surface area contributed by atoms with Gasteiger partial charge in [0, 0.05) is 23.7 Å². The van der Waals surface area contributed by atoms with E-state index in [1.165, 1.54) is 11.3 Å². The number of halogens is 1. The summed E-state index contributed by atoms with van der Waals surface area (Å²) in [6.07, 6.45) is 1.85. The third-order valence-electron chi connectivity index (χ3n) is 2.90. The molecular formula is C13H12BrN3O2S3. The van der Waals surface area contributed by atoms with Gasteiger partial charge in [-0.1, -0.05) is 0 Å². The van der Waals surface area contributed by atoms with Crippen LogP contribution >= 0.6 is 38.6 Å². The molecule has 0 amide bonds. The van der Waals surface area contributed by atoms with Crippen molar-refractivity contribution in [3.8, 4) is 11.3 Å². The average molecular weight is 418 g/mol. The van der Waals surface area contributed by atoms with Crippen LogP contribution in [0.2, 0.25) is 0 Å². The van der Waals surface area contributed by atoms with E-state index < -0.39 is 10.0 Å². The molecule has 0 spiro atoms. The Morgan fingerprint density at radius 2 is 2.14 bits per heavy atom. The summed E-state index contributed by atoms with van der Waals surface area (Å²) in [6, 6.07) is 7.24. The van der Waals surface area contributed by atoms with E-state index in [0.717, 1.165) is 15.0 Å². The molecule has 22 heavy (non-hydrogen) atoms. The first-order valence-corrected chi connectivity index (χ1v) is 10.4. The molecule has 1 N–H and O–H groups in total. The summed E-state index contributed by atoms with van der Waals surface area (Å²) in [7, 11) is -3.45. The second-order valence-electron chi connectivity index (χ2n) is 4.43. The minimum absolute atomic E-state index is 0.294. The molecule has 116 valence electrons. The minimum atomic E-state index is -3.45. The Labute approximate surface area is 144 Å². The summed E-state index contributed by atoms with van der Waals surface area (Å²) < 4.78 is 29.6. The van der Waals surface area contributed by atoms with Crippen LogP contribution in [0.5, 0.6) is 0 Å². The third-order valence-corrected chi connectivity index (χ3v) is 7.16. The van der Waals surface area contributed by atoms with Crippen LogP contribution in [0, 0.1) is 0 Å². The molecule has 5 nitrogen and oxygen atoms in total. The van der Waals surface area contributed by atoms with Crippen molar-refractivity contribution in [2.45, 2.75) is 10.8 Å². The number of rotatable bonds is 6. The summed E-state index contributed by atoms with van der Waals surface area (Å²) in [5, 5.41) is 8.47. The number of aromatic nitrogens is 2. The van der Waals surface area contributed by atoms with E-state index in [1.807, 2.05) is 29.1 Å². The monoisotopic (exact) mass is 417 g/mol. The molecule has 0 saturated heterocycles. The van der Waals surface area contributed by atoms with Crippen LogP contribution in [-0.4, -0.2) is 24.7 Å². The second-order valence-corrected chi connectivity index (χ2v) is 9.67. The van der Waals surface area contributed by atoms with Crippen molar-refractivity contribution in [3.63, 3.8) is 0 Å². The lowest BCUT2D eigenvalue weighted by atomic mass is 10.2. The summed E-state index contributed by atoms with van der Waals surface area (Å²) >= 11 is 6.07. The molecule has 3 rings (SSSR count). The molecule has 9 heteroatoms. The van der Waals surface area contributed by atoms with Gasteiger partial charge < -0.3 is 0 Å². The van der Waals surface area contributed by atoms with Gasteiger partial charge in [-0.15, -0.1) is 11.3 Å². The predicted octanol–water partition coefficient (Wildman–Crippen LogP) is 3.41. The van der Waals surface area contributed by atoms with Crippen LogP contribution in [0.1, 0.15) is 0 Å². The maximum atomic E-state index is 12.1. The molecule has 0 atom stereocenters. The van der Waals surface area contributed by atoms with Crippen LogP contribution in [0.3, 0.4) is 0 Å². The maximum absolute atomic E-state index is 12.1. The molecule has 3 aromatic heterocycles. The van der Waals surface area contributed by atoms with Gasteiger partial charge in [-0.05, 0) is 45.6 Å². The summed E-state index contributed by atoms with van der Waals surface area (Å²) in [4.78, 5) is 0. The highest BCUT2D eigenvalue weighted by molar-refractivity contribution is 9.11. The van der Waals surface area contributed by atoms with Gasteiger partial charge in [0.05, 0.1) is 16.0 Å². The molecule has 0 saturated carbocycles. The standard InChI is InChI=1S/C13H12BrN3O2S3/c14-12-1-2-13(21-12)22(18,19)15-5-7-17-6-3-11(16-17)10-4-8-20-9-10/h1-4,6,8-9,15H,5,7H2. The summed E-state index contributed by atoms with van der Waals surface area (Å²) in [5.41, 5.74) is 1.97. The number of hydrogen-bond acceptors (Lipinski definition) is 5. The molecule has 0 aromatic carbocycles. The van der Waals surface area contributed by atoms with Gasteiger partial charge in [-0.3, -0.25) is 4.68 Å². The number of sulfonamides is 1. The first-order valence-electron chi connectivity index (χ1n) is 6.36. The summed E-state index contributed by atoms with van der Waals surface area (Å²) in [6.45, 7) is 0.776. The Bertz CT molecular complexity index is 853. The SMILES string of the molecule is O=S(=O)(NCCn1ccc(-c2ccsc2)n1)c1ccc(Br)s1. The van der Waals surface area contributed by atoms with Gasteiger partial charge in [-0.25, -0.2) is 13.1 Å². The van der Waals surface area contributed by atoms with Crippen molar-refractivity contribution >= 4 is 48.6 Å². The van der Waals surface area contributed by atoms with Gasteiger partial charge in [0.1, 0.15) is 4.21 Å². The first-order chi connectivity index (χ1) is 10.5. The van der Waals surface area contributed by atoms with Gasteiger partial charge in [0.15, 0.2) is 0 Å². The number of nitrogens with one attached hydrogen (secondary N) is 1. The highest BCUT2D eigenvalue weighted by Crippen LogP contribution is 2.25. The first kappa shape index (κ1) is 15.9. The fourth-order valence-electron chi connectivity index (χ4n) is 1.86. The maximum Gasteiger partial charge on any atom is 0.250 e.